The maximum Gasteiger partial charge on any atom is 0.282 e. The first-order valence-electron chi connectivity index (χ1n) is 9.01. The van der Waals surface area contributed by atoms with E-state index < -0.39 is 5.91 Å². The quantitative estimate of drug-likeness (QED) is 0.553. The number of nitrogens with one attached hydrogen (secondary N) is 1. The average molecular weight is 425 g/mol. The molecular formula is C22H17ClN2O3S. The van der Waals surface area contributed by atoms with Crippen LogP contribution in [0.4, 0.5) is 11.4 Å². The molecule has 0 atom stereocenters. The lowest BCUT2D eigenvalue weighted by Gasteiger charge is -2.16. The van der Waals surface area contributed by atoms with E-state index in [1.165, 1.54) is 11.3 Å². The maximum absolute atomic E-state index is 13.3. The van der Waals surface area contributed by atoms with Gasteiger partial charge in [-0.1, -0.05) is 29.8 Å². The molecule has 0 aliphatic carbocycles. The third-order valence-electron chi connectivity index (χ3n) is 4.38. The highest BCUT2D eigenvalue weighted by atomic mass is 35.5. The van der Waals surface area contributed by atoms with Crippen molar-refractivity contribution in [1.29, 1.82) is 0 Å². The van der Waals surface area contributed by atoms with E-state index in [1.54, 1.807) is 24.3 Å². The van der Waals surface area contributed by atoms with Crippen LogP contribution in [0.15, 0.2) is 71.7 Å². The summed E-state index contributed by atoms with van der Waals surface area (Å²) in [7, 11) is 0. The lowest BCUT2D eigenvalue weighted by molar-refractivity contribution is -0.120. The van der Waals surface area contributed by atoms with Crippen LogP contribution in [0.5, 0.6) is 5.75 Å². The van der Waals surface area contributed by atoms with Crippen LogP contribution < -0.4 is 15.0 Å². The van der Waals surface area contributed by atoms with Gasteiger partial charge >= 0.3 is 0 Å². The number of hydrogen-bond acceptors (Lipinski definition) is 5. The van der Waals surface area contributed by atoms with E-state index in [0.29, 0.717) is 34.3 Å². The molecule has 0 radical (unpaired) electrons. The van der Waals surface area contributed by atoms with E-state index in [9.17, 15) is 9.59 Å². The SMILES string of the molecule is CCOc1ccccc1NC1=C(c2cccs2)C(=O)N(c2ccc(Cl)cc2)C1=O. The molecule has 146 valence electrons. The van der Waals surface area contributed by atoms with Crippen LogP contribution in [0.1, 0.15) is 11.8 Å². The van der Waals surface area contributed by atoms with Crippen LogP contribution in [0.2, 0.25) is 5.02 Å². The molecule has 7 heteroatoms. The third kappa shape index (κ3) is 3.64. The van der Waals surface area contributed by atoms with Crippen molar-refractivity contribution < 1.29 is 14.3 Å². The van der Waals surface area contributed by atoms with Gasteiger partial charge in [-0.3, -0.25) is 9.59 Å². The van der Waals surface area contributed by atoms with E-state index in [4.69, 9.17) is 16.3 Å². The van der Waals surface area contributed by atoms with E-state index in [1.807, 2.05) is 48.7 Å². The van der Waals surface area contributed by atoms with Gasteiger partial charge < -0.3 is 10.1 Å². The first-order chi connectivity index (χ1) is 14.1. The second-order valence-electron chi connectivity index (χ2n) is 6.20. The van der Waals surface area contributed by atoms with Crippen molar-refractivity contribution in [3.63, 3.8) is 0 Å². The highest BCUT2D eigenvalue weighted by Gasteiger charge is 2.40. The number of thiophene rings is 1. The van der Waals surface area contributed by atoms with Gasteiger partial charge in [0.1, 0.15) is 11.4 Å². The summed E-state index contributed by atoms with van der Waals surface area (Å²) in [6.07, 6.45) is 0. The number of imide groups is 1. The highest BCUT2D eigenvalue weighted by Crippen LogP contribution is 2.37. The summed E-state index contributed by atoms with van der Waals surface area (Å²) >= 11 is 7.37. The molecule has 2 heterocycles. The van der Waals surface area contributed by atoms with Crippen molar-refractivity contribution in [2.75, 3.05) is 16.8 Å². The molecule has 1 aliphatic heterocycles. The van der Waals surface area contributed by atoms with Crippen molar-refractivity contribution in [2.24, 2.45) is 0 Å². The third-order valence-corrected chi connectivity index (χ3v) is 5.52. The molecule has 1 aliphatic rings. The van der Waals surface area contributed by atoms with E-state index in [0.717, 1.165) is 9.78 Å². The Balaban J connectivity index is 1.79. The molecular weight excluding hydrogens is 408 g/mol. The van der Waals surface area contributed by atoms with Crippen molar-refractivity contribution >= 4 is 51.7 Å². The number of para-hydroxylation sites is 2. The maximum atomic E-state index is 13.3. The van der Waals surface area contributed by atoms with Crippen LogP contribution in [-0.2, 0) is 9.59 Å². The summed E-state index contributed by atoms with van der Waals surface area (Å²) in [6.45, 7) is 2.37. The Bertz CT molecular complexity index is 1090. The minimum absolute atomic E-state index is 0.222. The van der Waals surface area contributed by atoms with Gasteiger partial charge in [-0.15, -0.1) is 11.3 Å². The molecule has 5 nitrogen and oxygen atoms in total. The molecule has 1 N–H and O–H groups in total. The number of hydrogen-bond donors (Lipinski definition) is 1. The van der Waals surface area contributed by atoms with E-state index in [-0.39, 0.29) is 11.6 Å². The number of carbonyl (C=O) groups is 2. The Kier molecular flexibility index (Phi) is 5.38. The minimum atomic E-state index is -0.424. The first-order valence-corrected chi connectivity index (χ1v) is 10.3. The molecule has 4 rings (SSSR count). The molecule has 0 unspecified atom stereocenters. The molecule has 0 saturated carbocycles. The van der Waals surface area contributed by atoms with Gasteiger partial charge in [0.15, 0.2) is 0 Å². The van der Waals surface area contributed by atoms with Crippen LogP contribution in [0.25, 0.3) is 5.57 Å². The van der Waals surface area contributed by atoms with Crippen molar-refractivity contribution in [1.82, 2.24) is 0 Å². The molecule has 0 spiro atoms. The second kappa shape index (κ2) is 8.11. The standard InChI is InChI=1S/C22H17ClN2O3S/c1-2-28-17-7-4-3-6-16(17)24-20-19(18-8-5-13-29-18)21(26)25(22(20)27)15-11-9-14(23)10-12-15/h3-13,24H,2H2,1H3. The zero-order chi connectivity index (χ0) is 20.4. The van der Waals surface area contributed by atoms with Gasteiger partial charge in [0.2, 0.25) is 0 Å². The summed E-state index contributed by atoms with van der Waals surface area (Å²) in [5.74, 6) is -0.193. The summed E-state index contributed by atoms with van der Waals surface area (Å²) in [6, 6.07) is 17.6. The number of ether oxygens (including phenoxy) is 1. The zero-order valence-electron chi connectivity index (χ0n) is 15.5. The number of halogens is 1. The van der Waals surface area contributed by atoms with Crippen molar-refractivity contribution in [2.45, 2.75) is 6.92 Å². The molecule has 2 aromatic carbocycles. The molecule has 2 amide bonds. The lowest BCUT2D eigenvalue weighted by atomic mass is 10.1. The normalized spacial score (nSPS) is 13.9. The van der Waals surface area contributed by atoms with E-state index >= 15 is 0 Å². The molecule has 0 bridgehead atoms. The summed E-state index contributed by atoms with van der Waals surface area (Å²) in [4.78, 5) is 28.4. The predicted molar refractivity (Wildman–Crippen MR) is 116 cm³/mol. The number of anilines is 2. The van der Waals surface area contributed by atoms with Gasteiger partial charge in [0.05, 0.1) is 23.6 Å². The summed E-state index contributed by atoms with van der Waals surface area (Å²) in [5.41, 5.74) is 1.65. The largest absolute Gasteiger partial charge is 0.492 e. The number of amides is 2. The Morgan fingerprint density at radius 2 is 1.76 bits per heavy atom. The molecule has 29 heavy (non-hydrogen) atoms. The molecule has 0 fully saturated rings. The molecule has 1 aromatic heterocycles. The smallest absolute Gasteiger partial charge is 0.282 e. The van der Waals surface area contributed by atoms with Crippen LogP contribution in [0, 0.1) is 0 Å². The average Bonchev–Trinajstić information content (AvgIpc) is 3.32. The van der Waals surface area contributed by atoms with Gasteiger partial charge in [-0.25, -0.2) is 4.90 Å². The zero-order valence-corrected chi connectivity index (χ0v) is 17.1. The Morgan fingerprint density at radius 3 is 2.45 bits per heavy atom. The number of carbonyl (C=O) groups excluding carboxylic acids is 2. The van der Waals surface area contributed by atoms with Crippen molar-refractivity contribution in [3.05, 3.63) is 81.6 Å². The van der Waals surface area contributed by atoms with Crippen molar-refractivity contribution in [3.8, 4) is 5.75 Å². The summed E-state index contributed by atoms with van der Waals surface area (Å²) in [5, 5.41) is 5.55. The summed E-state index contributed by atoms with van der Waals surface area (Å²) < 4.78 is 5.65. The fourth-order valence-electron chi connectivity index (χ4n) is 3.11. The Hall–Kier alpha value is -3.09. The van der Waals surface area contributed by atoms with Crippen LogP contribution >= 0.6 is 22.9 Å². The number of rotatable bonds is 6. The van der Waals surface area contributed by atoms with Gasteiger partial charge in [-0.2, -0.15) is 0 Å². The first kappa shape index (κ1) is 19.2. The van der Waals surface area contributed by atoms with Crippen LogP contribution in [-0.4, -0.2) is 18.4 Å². The fraction of sp³-hybridized carbons (Fsp3) is 0.0909. The second-order valence-corrected chi connectivity index (χ2v) is 7.59. The number of nitrogens with zero attached hydrogens (tertiary/aromatic N) is 1. The van der Waals surface area contributed by atoms with Crippen LogP contribution in [0.3, 0.4) is 0 Å². The monoisotopic (exact) mass is 424 g/mol. The lowest BCUT2D eigenvalue weighted by Crippen LogP contribution is -2.32. The minimum Gasteiger partial charge on any atom is -0.492 e. The highest BCUT2D eigenvalue weighted by molar-refractivity contribution is 7.11. The fourth-order valence-corrected chi connectivity index (χ4v) is 4.00. The topological polar surface area (TPSA) is 58.6 Å². The Morgan fingerprint density at radius 1 is 1.00 bits per heavy atom. The van der Waals surface area contributed by atoms with Gasteiger partial charge in [0.25, 0.3) is 11.8 Å². The predicted octanol–water partition coefficient (Wildman–Crippen LogP) is 5.20. The van der Waals surface area contributed by atoms with E-state index in [2.05, 4.69) is 5.32 Å². The number of benzene rings is 2. The molecule has 3 aromatic rings. The van der Waals surface area contributed by atoms with Gasteiger partial charge in [-0.05, 0) is 54.8 Å². The molecule has 0 saturated heterocycles. The Labute approximate surface area is 177 Å². The van der Waals surface area contributed by atoms with Gasteiger partial charge in [0, 0.05) is 9.90 Å².